The molecule has 0 spiro atoms. The van der Waals surface area contributed by atoms with Crippen molar-refractivity contribution >= 4 is 33.4 Å². The van der Waals surface area contributed by atoms with E-state index in [0.29, 0.717) is 18.3 Å². The van der Waals surface area contributed by atoms with Gasteiger partial charge in [0.25, 0.3) is 0 Å². The first-order valence-electron chi connectivity index (χ1n) is 7.83. The summed E-state index contributed by atoms with van der Waals surface area (Å²) in [4.78, 5) is 21.9. The second kappa shape index (κ2) is 6.29. The van der Waals surface area contributed by atoms with E-state index in [9.17, 15) is 4.79 Å². The van der Waals surface area contributed by atoms with Gasteiger partial charge in [-0.3, -0.25) is 9.48 Å². The number of pyridine rings is 1. The fourth-order valence-electron chi connectivity index (χ4n) is 2.80. The summed E-state index contributed by atoms with van der Waals surface area (Å²) in [6.07, 6.45) is 7.02. The third-order valence-corrected chi connectivity index (χ3v) is 5.05. The molecule has 0 unspecified atom stereocenters. The van der Waals surface area contributed by atoms with E-state index >= 15 is 0 Å². The van der Waals surface area contributed by atoms with Crippen LogP contribution in [0.25, 0.3) is 21.5 Å². The molecule has 8 heteroatoms. The molecule has 3 aromatic heterocycles. The maximum atomic E-state index is 12.3. The van der Waals surface area contributed by atoms with Gasteiger partial charge in [-0.1, -0.05) is 11.3 Å². The van der Waals surface area contributed by atoms with Crippen LogP contribution in [-0.2, 0) is 16.6 Å². The standard InChI is InChI=1S/C16H17N5O2S/c1-21-9-12-6-11(7-17-14(12)20-21)13-8-18-16(24-13)19-15(22)10-2-4-23-5-3-10/h6-10H,2-5H2,1H3,(H,18,19,22). The van der Waals surface area contributed by atoms with Crippen LogP contribution in [-0.4, -0.2) is 38.9 Å². The third kappa shape index (κ3) is 3.02. The summed E-state index contributed by atoms with van der Waals surface area (Å²) in [7, 11) is 1.87. The number of hydrogen-bond donors (Lipinski definition) is 1. The Balaban J connectivity index is 1.51. The summed E-state index contributed by atoms with van der Waals surface area (Å²) in [6, 6.07) is 2.03. The predicted octanol–water partition coefficient (Wildman–Crippen LogP) is 2.46. The lowest BCUT2D eigenvalue weighted by atomic mass is 10.00. The van der Waals surface area contributed by atoms with Crippen molar-refractivity contribution in [2.45, 2.75) is 12.8 Å². The van der Waals surface area contributed by atoms with Crippen molar-refractivity contribution in [3.8, 4) is 10.4 Å². The second-order valence-electron chi connectivity index (χ2n) is 5.85. The number of thiazole rings is 1. The molecular formula is C16H17N5O2S. The van der Waals surface area contributed by atoms with Crippen molar-refractivity contribution in [2.24, 2.45) is 13.0 Å². The van der Waals surface area contributed by atoms with Gasteiger partial charge in [0.2, 0.25) is 5.91 Å². The first kappa shape index (κ1) is 15.2. The fraction of sp³-hybridized carbons (Fsp3) is 0.375. The number of nitrogens with zero attached hydrogens (tertiary/aromatic N) is 4. The highest BCUT2D eigenvalue weighted by molar-refractivity contribution is 7.19. The van der Waals surface area contributed by atoms with E-state index < -0.39 is 0 Å². The Morgan fingerprint density at radius 1 is 1.33 bits per heavy atom. The Hall–Kier alpha value is -2.32. The molecule has 0 aliphatic carbocycles. The SMILES string of the molecule is Cn1cc2cc(-c3cnc(NC(=O)C4CCOCC4)s3)cnc2n1. The molecule has 0 radical (unpaired) electrons. The van der Waals surface area contributed by atoms with Crippen molar-refractivity contribution in [3.05, 3.63) is 24.7 Å². The number of carbonyl (C=O) groups excluding carboxylic acids is 1. The van der Waals surface area contributed by atoms with Crippen LogP contribution in [0, 0.1) is 5.92 Å². The summed E-state index contributed by atoms with van der Waals surface area (Å²) in [6.45, 7) is 1.30. The van der Waals surface area contributed by atoms with E-state index in [0.717, 1.165) is 34.3 Å². The number of hydrogen-bond acceptors (Lipinski definition) is 6. The van der Waals surface area contributed by atoms with Crippen molar-refractivity contribution in [1.29, 1.82) is 0 Å². The van der Waals surface area contributed by atoms with Gasteiger partial charge in [-0.05, 0) is 18.9 Å². The van der Waals surface area contributed by atoms with Crippen molar-refractivity contribution in [1.82, 2.24) is 19.7 Å². The quantitative estimate of drug-likeness (QED) is 0.790. The number of anilines is 1. The summed E-state index contributed by atoms with van der Waals surface area (Å²) in [5, 5.41) is 8.79. The van der Waals surface area contributed by atoms with Gasteiger partial charge in [0.05, 0.1) is 4.88 Å². The molecule has 24 heavy (non-hydrogen) atoms. The molecule has 1 N–H and O–H groups in total. The molecule has 4 rings (SSSR count). The van der Waals surface area contributed by atoms with E-state index in [1.165, 1.54) is 11.3 Å². The lowest BCUT2D eigenvalue weighted by Crippen LogP contribution is -2.28. The lowest BCUT2D eigenvalue weighted by Gasteiger charge is -2.20. The second-order valence-corrected chi connectivity index (χ2v) is 6.88. The first-order valence-corrected chi connectivity index (χ1v) is 8.65. The number of fused-ring (bicyclic) bond motifs is 1. The Bertz CT molecular complexity index is 882. The third-order valence-electron chi connectivity index (χ3n) is 4.09. The van der Waals surface area contributed by atoms with Gasteiger partial charge in [0.15, 0.2) is 10.8 Å². The van der Waals surface area contributed by atoms with Gasteiger partial charge >= 0.3 is 0 Å². The van der Waals surface area contributed by atoms with E-state index in [1.54, 1.807) is 17.1 Å². The average molecular weight is 343 g/mol. The molecule has 7 nitrogen and oxygen atoms in total. The smallest absolute Gasteiger partial charge is 0.229 e. The highest BCUT2D eigenvalue weighted by Crippen LogP contribution is 2.30. The van der Waals surface area contributed by atoms with Crippen LogP contribution < -0.4 is 5.32 Å². The molecular weight excluding hydrogens is 326 g/mol. The molecule has 3 aromatic rings. The summed E-state index contributed by atoms with van der Waals surface area (Å²) in [5.74, 6) is 0.0412. The van der Waals surface area contributed by atoms with Crippen LogP contribution in [0.3, 0.4) is 0 Å². The Labute approximate surface area is 142 Å². The minimum absolute atomic E-state index is 0.0134. The van der Waals surface area contributed by atoms with Gasteiger partial charge in [-0.15, -0.1) is 0 Å². The molecule has 1 fully saturated rings. The van der Waals surface area contributed by atoms with E-state index in [2.05, 4.69) is 20.4 Å². The maximum absolute atomic E-state index is 12.3. The highest BCUT2D eigenvalue weighted by atomic mass is 32.1. The number of ether oxygens (including phenoxy) is 1. The zero-order valence-electron chi connectivity index (χ0n) is 13.2. The summed E-state index contributed by atoms with van der Waals surface area (Å²) < 4.78 is 7.04. The number of aromatic nitrogens is 4. The molecule has 0 bridgehead atoms. The molecule has 1 saturated heterocycles. The number of rotatable bonds is 3. The molecule has 1 amide bonds. The Morgan fingerprint density at radius 3 is 3.00 bits per heavy atom. The molecule has 4 heterocycles. The van der Waals surface area contributed by atoms with Crippen molar-refractivity contribution in [3.63, 3.8) is 0 Å². The average Bonchev–Trinajstić information content (AvgIpc) is 3.20. The number of nitrogens with one attached hydrogen (secondary N) is 1. The topological polar surface area (TPSA) is 81.9 Å². The van der Waals surface area contributed by atoms with Crippen molar-refractivity contribution < 1.29 is 9.53 Å². The molecule has 124 valence electrons. The van der Waals surface area contributed by atoms with E-state index in [-0.39, 0.29) is 11.8 Å². The van der Waals surface area contributed by atoms with Crippen LogP contribution in [0.15, 0.2) is 24.7 Å². The number of aryl methyl sites for hydroxylation is 1. The first-order chi connectivity index (χ1) is 11.7. The number of carbonyl (C=O) groups is 1. The maximum Gasteiger partial charge on any atom is 0.229 e. The minimum Gasteiger partial charge on any atom is -0.381 e. The van der Waals surface area contributed by atoms with Gasteiger partial charge in [0, 0.05) is 55.7 Å². The number of amides is 1. The van der Waals surface area contributed by atoms with Crippen LogP contribution in [0.5, 0.6) is 0 Å². The van der Waals surface area contributed by atoms with E-state index in [1.807, 2.05) is 19.3 Å². The highest BCUT2D eigenvalue weighted by Gasteiger charge is 2.22. The summed E-state index contributed by atoms with van der Waals surface area (Å²) >= 11 is 1.45. The largest absolute Gasteiger partial charge is 0.381 e. The lowest BCUT2D eigenvalue weighted by molar-refractivity contribution is -0.122. The van der Waals surface area contributed by atoms with Crippen LogP contribution in [0.4, 0.5) is 5.13 Å². The van der Waals surface area contributed by atoms with Gasteiger partial charge in [-0.2, -0.15) is 5.10 Å². The monoisotopic (exact) mass is 343 g/mol. The van der Waals surface area contributed by atoms with Crippen molar-refractivity contribution in [2.75, 3.05) is 18.5 Å². The fourth-order valence-corrected chi connectivity index (χ4v) is 3.60. The van der Waals surface area contributed by atoms with Gasteiger partial charge in [-0.25, -0.2) is 9.97 Å². The normalized spacial score (nSPS) is 15.7. The predicted molar refractivity (Wildman–Crippen MR) is 91.8 cm³/mol. The van der Waals surface area contributed by atoms with Crippen LogP contribution in [0.1, 0.15) is 12.8 Å². The Morgan fingerprint density at radius 2 is 2.17 bits per heavy atom. The van der Waals surface area contributed by atoms with Gasteiger partial charge < -0.3 is 10.1 Å². The Kier molecular flexibility index (Phi) is 3.99. The molecule has 0 atom stereocenters. The summed E-state index contributed by atoms with van der Waals surface area (Å²) in [5.41, 5.74) is 1.69. The van der Waals surface area contributed by atoms with Crippen LogP contribution >= 0.6 is 11.3 Å². The minimum atomic E-state index is 0.0134. The van der Waals surface area contributed by atoms with Gasteiger partial charge in [0.1, 0.15) is 0 Å². The molecule has 1 aliphatic heterocycles. The molecule has 1 aliphatic rings. The molecule has 0 aromatic carbocycles. The van der Waals surface area contributed by atoms with Crippen LogP contribution in [0.2, 0.25) is 0 Å². The van der Waals surface area contributed by atoms with E-state index in [4.69, 9.17) is 4.74 Å². The molecule has 0 saturated carbocycles. The zero-order chi connectivity index (χ0) is 16.5. The zero-order valence-corrected chi connectivity index (χ0v) is 14.0.